The van der Waals surface area contributed by atoms with Crippen LogP contribution < -0.4 is 32.3 Å². The molecular formula is C22H32N8O3S. The second kappa shape index (κ2) is 10.5. The number of fused-ring (bicyclic) bond motifs is 1. The van der Waals surface area contributed by atoms with Crippen molar-refractivity contribution in [3.05, 3.63) is 53.4 Å². The van der Waals surface area contributed by atoms with Crippen LogP contribution in [0.3, 0.4) is 0 Å². The predicted octanol–water partition coefficient (Wildman–Crippen LogP) is -0.603. The number of sulfone groups is 1. The van der Waals surface area contributed by atoms with Crippen LogP contribution in [0.15, 0.2) is 52.8 Å². The molecule has 34 heavy (non-hydrogen) atoms. The second-order valence-electron chi connectivity index (χ2n) is 8.63. The first-order valence-electron chi connectivity index (χ1n) is 11.4. The molecule has 1 saturated heterocycles. The minimum atomic E-state index is -2.90. The van der Waals surface area contributed by atoms with Gasteiger partial charge in [-0.2, -0.15) is 0 Å². The number of carbonyl (C=O) groups is 1. The smallest absolute Gasteiger partial charge is 0.327 e. The number of guanidine groups is 1. The first-order valence-corrected chi connectivity index (χ1v) is 13.2. The fraction of sp³-hybridized carbons (Fsp3) is 0.455. The van der Waals surface area contributed by atoms with Gasteiger partial charge in [-0.3, -0.25) is 14.8 Å². The van der Waals surface area contributed by atoms with Crippen LogP contribution in [0.1, 0.15) is 12.0 Å². The lowest BCUT2D eigenvalue weighted by molar-refractivity contribution is 0.243. The third-order valence-corrected chi connectivity index (χ3v) is 7.56. The number of aliphatic imine (C=N–C) groups is 1. The Kier molecular flexibility index (Phi) is 7.39. The number of nitrogens with zero attached hydrogens (tertiary/aromatic N) is 3. The highest BCUT2D eigenvalue weighted by atomic mass is 32.2. The normalized spacial score (nSPS) is 21.7. The Morgan fingerprint density at radius 3 is 2.59 bits per heavy atom. The molecule has 184 valence electrons. The largest absolute Gasteiger partial charge is 0.370 e. The number of carbonyl (C=O) groups excluding carboxylic acids is 1. The molecule has 1 atom stereocenters. The van der Waals surface area contributed by atoms with E-state index in [1.54, 1.807) is 4.90 Å². The first-order chi connectivity index (χ1) is 16.3. The summed E-state index contributed by atoms with van der Waals surface area (Å²) in [6.45, 7) is 3.80. The molecule has 0 aromatic heterocycles. The van der Waals surface area contributed by atoms with Crippen molar-refractivity contribution < 1.29 is 13.2 Å². The Labute approximate surface area is 199 Å². The van der Waals surface area contributed by atoms with Gasteiger partial charge < -0.3 is 27.4 Å². The standard InChI is InChI=1S/C22H32N8O3S/c23-21(24)26-7-1-6-25-13-16-2-4-19(5-3-16)30-14-17-12-18(27-20(17)28-22(30)31)15-29-8-10-34(32,33)11-9-29/h2-5,12,14,20,25,27H,1,6-11,13,15H2,(H,28,31)(H4,23,24,26). The lowest BCUT2D eigenvalue weighted by Gasteiger charge is -2.30. The molecule has 1 unspecified atom stereocenters. The van der Waals surface area contributed by atoms with Gasteiger partial charge in [0.05, 0.1) is 17.2 Å². The van der Waals surface area contributed by atoms with E-state index in [-0.39, 0.29) is 29.7 Å². The molecule has 3 heterocycles. The topological polar surface area (TPSA) is 158 Å². The number of anilines is 1. The fourth-order valence-electron chi connectivity index (χ4n) is 4.08. The quantitative estimate of drug-likeness (QED) is 0.175. The van der Waals surface area contributed by atoms with E-state index in [0.29, 0.717) is 32.7 Å². The minimum Gasteiger partial charge on any atom is -0.370 e. The number of hydrogen-bond acceptors (Lipinski definition) is 7. The van der Waals surface area contributed by atoms with Crippen molar-refractivity contribution in [3.8, 4) is 0 Å². The molecule has 7 N–H and O–H groups in total. The third-order valence-electron chi connectivity index (χ3n) is 5.95. The molecule has 4 rings (SSSR count). The Morgan fingerprint density at radius 1 is 1.15 bits per heavy atom. The molecule has 0 spiro atoms. The monoisotopic (exact) mass is 488 g/mol. The summed E-state index contributed by atoms with van der Waals surface area (Å²) in [7, 11) is -2.90. The Morgan fingerprint density at radius 2 is 1.88 bits per heavy atom. The van der Waals surface area contributed by atoms with Crippen molar-refractivity contribution in [2.24, 2.45) is 16.5 Å². The average molecular weight is 489 g/mol. The lowest BCUT2D eigenvalue weighted by Crippen LogP contribution is -2.52. The van der Waals surface area contributed by atoms with Gasteiger partial charge in [0, 0.05) is 50.2 Å². The molecule has 3 aliphatic heterocycles. The van der Waals surface area contributed by atoms with E-state index in [9.17, 15) is 13.2 Å². The maximum atomic E-state index is 12.7. The van der Waals surface area contributed by atoms with E-state index in [1.807, 2.05) is 36.5 Å². The molecule has 1 aromatic rings. The lowest BCUT2D eigenvalue weighted by atomic mass is 10.1. The van der Waals surface area contributed by atoms with Gasteiger partial charge in [0.2, 0.25) is 0 Å². The highest BCUT2D eigenvalue weighted by molar-refractivity contribution is 7.91. The van der Waals surface area contributed by atoms with Crippen LogP contribution in [0.4, 0.5) is 10.5 Å². The number of hydrogen-bond donors (Lipinski definition) is 5. The van der Waals surface area contributed by atoms with Crippen LogP contribution in [-0.4, -0.2) is 75.7 Å². The van der Waals surface area contributed by atoms with Gasteiger partial charge in [-0.15, -0.1) is 0 Å². The van der Waals surface area contributed by atoms with Crippen LogP contribution in [0, 0.1) is 0 Å². The van der Waals surface area contributed by atoms with Crippen molar-refractivity contribution in [1.82, 2.24) is 20.9 Å². The van der Waals surface area contributed by atoms with Gasteiger partial charge in [-0.05, 0) is 36.7 Å². The SMILES string of the molecule is NC(N)=NCCCNCc1ccc(N2C=C3C=C(CN4CCS(=O)(=O)CC4)NC3NC2=O)cc1. The zero-order chi connectivity index (χ0) is 24.1. The summed E-state index contributed by atoms with van der Waals surface area (Å²) in [6.07, 6.45) is 4.45. The maximum Gasteiger partial charge on any atom is 0.327 e. The molecule has 12 heteroatoms. The number of amides is 2. The summed E-state index contributed by atoms with van der Waals surface area (Å²) < 4.78 is 23.3. The summed E-state index contributed by atoms with van der Waals surface area (Å²) in [6, 6.07) is 7.64. The molecule has 0 aliphatic carbocycles. The molecule has 2 amide bonds. The number of rotatable bonds is 9. The number of benzene rings is 1. The minimum absolute atomic E-state index is 0.110. The van der Waals surface area contributed by atoms with Crippen LogP contribution in [0.5, 0.6) is 0 Å². The van der Waals surface area contributed by atoms with Crippen LogP contribution >= 0.6 is 0 Å². The molecule has 0 bridgehead atoms. The molecule has 11 nitrogen and oxygen atoms in total. The molecule has 0 saturated carbocycles. The fourth-order valence-corrected chi connectivity index (χ4v) is 5.36. The van der Waals surface area contributed by atoms with Gasteiger partial charge >= 0.3 is 6.03 Å². The van der Waals surface area contributed by atoms with Gasteiger partial charge in [-0.25, -0.2) is 13.2 Å². The van der Waals surface area contributed by atoms with Crippen molar-refractivity contribution in [2.45, 2.75) is 19.1 Å². The number of nitrogens with two attached hydrogens (primary N) is 2. The van der Waals surface area contributed by atoms with Gasteiger partial charge in [0.1, 0.15) is 6.17 Å². The highest BCUT2D eigenvalue weighted by Gasteiger charge is 2.32. The maximum absolute atomic E-state index is 12.7. The zero-order valence-corrected chi connectivity index (χ0v) is 19.9. The van der Waals surface area contributed by atoms with Gasteiger partial charge in [0.15, 0.2) is 15.8 Å². The summed E-state index contributed by atoms with van der Waals surface area (Å²) in [5.74, 6) is 0.499. The summed E-state index contributed by atoms with van der Waals surface area (Å²) in [4.78, 5) is 20.4. The second-order valence-corrected chi connectivity index (χ2v) is 10.9. The van der Waals surface area contributed by atoms with Crippen LogP contribution in [0.25, 0.3) is 0 Å². The molecule has 1 aromatic carbocycles. The van der Waals surface area contributed by atoms with Gasteiger partial charge in [-0.1, -0.05) is 12.1 Å². The van der Waals surface area contributed by atoms with Gasteiger partial charge in [0.25, 0.3) is 0 Å². The van der Waals surface area contributed by atoms with E-state index < -0.39 is 9.84 Å². The van der Waals surface area contributed by atoms with E-state index in [1.165, 1.54) is 0 Å². The van der Waals surface area contributed by atoms with E-state index in [4.69, 9.17) is 11.5 Å². The van der Waals surface area contributed by atoms with E-state index >= 15 is 0 Å². The Balaban J connectivity index is 1.32. The van der Waals surface area contributed by atoms with Crippen molar-refractivity contribution >= 4 is 27.5 Å². The third kappa shape index (κ3) is 6.27. The average Bonchev–Trinajstić information content (AvgIpc) is 3.18. The highest BCUT2D eigenvalue weighted by Crippen LogP contribution is 2.25. The molecule has 1 fully saturated rings. The molecular weight excluding hydrogens is 456 g/mol. The summed E-state index contributed by atoms with van der Waals surface area (Å²) in [5.41, 5.74) is 14.4. The van der Waals surface area contributed by atoms with Crippen molar-refractivity contribution in [3.63, 3.8) is 0 Å². The zero-order valence-electron chi connectivity index (χ0n) is 19.0. The van der Waals surface area contributed by atoms with Crippen molar-refractivity contribution in [1.29, 1.82) is 0 Å². The predicted molar refractivity (Wildman–Crippen MR) is 133 cm³/mol. The van der Waals surface area contributed by atoms with Crippen LogP contribution in [0.2, 0.25) is 0 Å². The Bertz CT molecular complexity index is 1080. The first kappa shape index (κ1) is 24.0. The van der Waals surface area contributed by atoms with Crippen LogP contribution in [-0.2, 0) is 16.4 Å². The molecule has 0 radical (unpaired) electrons. The molecule has 3 aliphatic rings. The van der Waals surface area contributed by atoms with E-state index in [2.05, 4.69) is 25.8 Å². The number of urea groups is 1. The summed E-state index contributed by atoms with van der Waals surface area (Å²) >= 11 is 0. The van der Waals surface area contributed by atoms with Crippen molar-refractivity contribution in [2.75, 3.05) is 49.1 Å². The van der Waals surface area contributed by atoms with E-state index in [0.717, 1.165) is 35.5 Å². The Hall–Kier alpha value is -3.09. The summed E-state index contributed by atoms with van der Waals surface area (Å²) in [5, 5.41) is 9.66. The number of nitrogens with one attached hydrogen (secondary N) is 3.